The Bertz CT molecular complexity index is 665. The molecule has 2 aromatic rings. The van der Waals surface area contributed by atoms with E-state index in [4.69, 9.17) is 0 Å². The second-order valence-electron chi connectivity index (χ2n) is 4.19. The summed E-state index contributed by atoms with van der Waals surface area (Å²) >= 11 is 3.35. The summed E-state index contributed by atoms with van der Waals surface area (Å²) in [6.07, 6.45) is 1.46. The first-order chi connectivity index (χ1) is 8.90. The van der Waals surface area contributed by atoms with Crippen molar-refractivity contribution in [1.29, 1.82) is 0 Å². The minimum atomic E-state index is -3.57. The van der Waals surface area contributed by atoms with Crippen LogP contribution in [0.4, 0.5) is 0 Å². The maximum absolute atomic E-state index is 12.2. The maximum Gasteiger partial charge on any atom is 0.258 e. The first-order valence-corrected chi connectivity index (χ1v) is 7.93. The molecule has 0 fully saturated rings. The molecule has 7 heteroatoms. The summed E-state index contributed by atoms with van der Waals surface area (Å²) in [5.74, 6) is 0. The van der Waals surface area contributed by atoms with Crippen molar-refractivity contribution in [3.63, 3.8) is 0 Å². The lowest BCUT2D eigenvalue weighted by Gasteiger charge is -2.14. The van der Waals surface area contributed by atoms with Crippen LogP contribution in [-0.4, -0.2) is 18.2 Å². The molecule has 1 aromatic carbocycles. The van der Waals surface area contributed by atoms with Crippen LogP contribution >= 0.6 is 15.9 Å². The van der Waals surface area contributed by atoms with Crippen LogP contribution < -0.4 is 4.72 Å². The van der Waals surface area contributed by atoms with E-state index < -0.39 is 10.0 Å². The minimum absolute atomic E-state index is 0.150. The molecule has 1 N–H and O–H groups in total. The molecule has 0 saturated carbocycles. The fourth-order valence-electron chi connectivity index (χ4n) is 1.74. The summed E-state index contributed by atoms with van der Waals surface area (Å²) in [6, 6.07) is 8.67. The fraction of sp³-hybridized carbons (Fsp3) is 0.250. The molecule has 1 heterocycles. The van der Waals surface area contributed by atoms with E-state index >= 15 is 0 Å². The van der Waals surface area contributed by atoms with E-state index in [9.17, 15) is 8.42 Å². The molecule has 1 aromatic heterocycles. The number of benzene rings is 1. The van der Waals surface area contributed by atoms with Gasteiger partial charge in [0, 0.05) is 17.6 Å². The van der Waals surface area contributed by atoms with Crippen molar-refractivity contribution in [3.05, 3.63) is 46.6 Å². The highest BCUT2D eigenvalue weighted by Gasteiger charge is 2.21. The van der Waals surface area contributed by atoms with E-state index in [2.05, 4.69) is 25.8 Å². The van der Waals surface area contributed by atoms with Gasteiger partial charge >= 0.3 is 0 Å². The quantitative estimate of drug-likeness (QED) is 0.925. The Balaban J connectivity index is 2.21. The summed E-state index contributed by atoms with van der Waals surface area (Å²) in [7, 11) is -1.97. The predicted octanol–water partition coefficient (Wildman–Crippen LogP) is 2.22. The highest BCUT2D eigenvalue weighted by molar-refractivity contribution is 9.10. The summed E-state index contributed by atoms with van der Waals surface area (Å²) in [6.45, 7) is 1.80. The lowest BCUT2D eigenvalue weighted by atomic mass is 10.1. The van der Waals surface area contributed by atoms with Crippen LogP contribution in [0.15, 0.2) is 46.0 Å². The minimum Gasteiger partial charge on any atom is -0.256 e. The van der Waals surface area contributed by atoms with Crippen LogP contribution in [0.3, 0.4) is 0 Å². The number of nitrogens with one attached hydrogen (secondary N) is 1. The Morgan fingerprint density at radius 1 is 1.26 bits per heavy atom. The third-order valence-electron chi connectivity index (χ3n) is 2.75. The number of halogens is 1. The van der Waals surface area contributed by atoms with Crippen molar-refractivity contribution in [2.24, 2.45) is 7.05 Å². The number of nitrogens with zero attached hydrogens (tertiary/aromatic N) is 2. The van der Waals surface area contributed by atoms with Gasteiger partial charge in [-0.15, -0.1) is 0 Å². The van der Waals surface area contributed by atoms with Crippen LogP contribution in [0.25, 0.3) is 0 Å². The number of hydrogen-bond acceptors (Lipinski definition) is 3. The second kappa shape index (κ2) is 5.44. The Morgan fingerprint density at radius 3 is 2.42 bits per heavy atom. The standard InChI is InChI=1S/C12H14BrN3O2S/c1-9(10-3-5-11(13)6-4-10)15-19(17,18)12-7-8-14-16(12)2/h3-9,15H,1-2H3. The van der Waals surface area contributed by atoms with Gasteiger partial charge in [-0.3, -0.25) is 4.68 Å². The molecule has 0 aliphatic heterocycles. The molecule has 19 heavy (non-hydrogen) atoms. The molecule has 5 nitrogen and oxygen atoms in total. The zero-order chi connectivity index (χ0) is 14.0. The molecule has 0 spiro atoms. The molecule has 0 radical (unpaired) electrons. The van der Waals surface area contributed by atoms with Crippen molar-refractivity contribution in [3.8, 4) is 0 Å². The lowest BCUT2D eigenvalue weighted by Crippen LogP contribution is -2.28. The first kappa shape index (κ1) is 14.2. The van der Waals surface area contributed by atoms with Crippen LogP contribution in [0, 0.1) is 0 Å². The first-order valence-electron chi connectivity index (χ1n) is 5.66. The van der Waals surface area contributed by atoms with Crippen LogP contribution in [0.1, 0.15) is 18.5 Å². The number of aryl methyl sites for hydroxylation is 1. The van der Waals surface area contributed by atoms with Crippen LogP contribution in [-0.2, 0) is 17.1 Å². The smallest absolute Gasteiger partial charge is 0.256 e. The highest BCUT2D eigenvalue weighted by Crippen LogP contribution is 2.18. The largest absolute Gasteiger partial charge is 0.258 e. The molecule has 2 rings (SSSR count). The average molecular weight is 344 g/mol. The van der Waals surface area contributed by atoms with Gasteiger partial charge in [0.05, 0.1) is 6.20 Å². The van der Waals surface area contributed by atoms with Gasteiger partial charge in [-0.2, -0.15) is 5.10 Å². The maximum atomic E-state index is 12.2. The van der Waals surface area contributed by atoms with Gasteiger partial charge in [-0.1, -0.05) is 28.1 Å². The van der Waals surface area contributed by atoms with Gasteiger partial charge in [0.25, 0.3) is 10.0 Å². The molecule has 0 aliphatic rings. The lowest BCUT2D eigenvalue weighted by molar-refractivity contribution is 0.550. The fourth-order valence-corrected chi connectivity index (χ4v) is 3.36. The van der Waals surface area contributed by atoms with Gasteiger partial charge in [0.2, 0.25) is 0 Å². The third-order valence-corrected chi connectivity index (χ3v) is 4.90. The van der Waals surface area contributed by atoms with Gasteiger partial charge in [0.1, 0.15) is 0 Å². The third kappa shape index (κ3) is 3.23. The molecule has 0 saturated heterocycles. The molecule has 0 aliphatic carbocycles. The molecule has 0 amide bonds. The molecule has 102 valence electrons. The molecular weight excluding hydrogens is 330 g/mol. The molecule has 1 unspecified atom stereocenters. The van der Waals surface area contributed by atoms with Gasteiger partial charge in [-0.05, 0) is 30.7 Å². The van der Waals surface area contributed by atoms with Crippen molar-refractivity contribution >= 4 is 26.0 Å². The summed E-state index contributed by atoms with van der Waals surface area (Å²) in [5, 5.41) is 4.02. The van der Waals surface area contributed by atoms with Crippen molar-refractivity contribution in [2.75, 3.05) is 0 Å². The van der Waals surface area contributed by atoms with E-state index in [1.807, 2.05) is 24.3 Å². The normalized spacial score (nSPS) is 13.4. The zero-order valence-corrected chi connectivity index (χ0v) is 12.9. The Hall–Kier alpha value is -1.18. The van der Waals surface area contributed by atoms with E-state index in [1.54, 1.807) is 14.0 Å². The van der Waals surface area contributed by atoms with Gasteiger partial charge in [0.15, 0.2) is 5.03 Å². The van der Waals surface area contributed by atoms with E-state index in [0.29, 0.717) is 0 Å². The van der Waals surface area contributed by atoms with Crippen molar-refractivity contribution in [1.82, 2.24) is 14.5 Å². The molecule has 0 bridgehead atoms. The van der Waals surface area contributed by atoms with Gasteiger partial charge in [-0.25, -0.2) is 13.1 Å². The van der Waals surface area contributed by atoms with E-state index in [0.717, 1.165) is 10.0 Å². The molecule has 1 atom stereocenters. The number of aromatic nitrogens is 2. The van der Waals surface area contributed by atoms with Gasteiger partial charge < -0.3 is 0 Å². The Kier molecular flexibility index (Phi) is 4.07. The SMILES string of the molecule is CC(NS(=O)(=O)c1ccnn1C)c1ccc(Br)cc1. The zero-order valence-electron chi connectivity index (χ0n) is 10.5. The monoisotopic (exact) mass is 343 g/mol. The summed E-state index contributed by atoms with van der Waals surface area (Å²) < 4.78 is 29.3. The average Bonchev–Trinajstić information content (AvgIpc) is 2.76. The number of rotatable bonds is 4. The predicted molar refractivity (Wildman–Crippen MR) is 76.1 cm³/mol. The highest BCUT2D eigenvalue weighted by atomic mass is 79.9. The Morgan fingerprint density at radius 2 is 1.89 bits per heavy atom. The van der Waals surface area contributed by atoms with Crippen LogP contribution in [0.2, 0.25) is 0 Å². The summed E-state index contributed by atoms with van der Waals surface area (Å²) in [5.41, 5.74) is 0.897. The Labute approximate surface area is 120 Å². The van der Waals surface area contributed by atoms with E-state index in [1.165, 1.54) is 16.9 Å². The van der Waals surface area contributed by atoms with Crippen molar-refractivity contribution in [2.45, 2.75) is 18.0 Å². The molecular formula is C12H14BrN3O2S. The second-order valence-corrected chi connectivity index (χ2v) is 6.76. The van der Waals surface area contributed by atoms with Crippen molar-refractivity contribution < 1.29 is 8.42 Å². The summed E-state index contributed by atoms with van der Waals surface area (Å²) in [4.78, 5) is 0. The number of sulfonamides is 1. The topological polar surface area (TPSA) is 64.0 Å². The number of hydrogen-bond donors (Lipinski definition) is 1. The van der Waals surface area contributed by atoms with Crippen LogP contribution in [0.5, 0.6) is 0 Å². The van der Waals surface area contributed by atoms with E-state index in [-0.39, 0.29) is 11.1 Å².